The second-order valence-electron chi connectivity index (χ2n) is 7.05. The zero-order valence-electron chi connectivity index (χ0n) is 17.2. The van der Waals surface area contributed by atoms with E-state index in [1.807, 2.05) is 43.3 Å². The first-order valence-corrected chi connectivity index (χ1v) is 10.7. The molecule has 0 aliphatic heterocycles. The molecule has 0 atom stereocenters. The average Bonchev–Trinajstić information content (AvgIpc) is 3.43. The number of carbonyl (C=O) groups excluding carboxylic acids is 1. The Morgan fingerprint density at radius 3 is 2.53 bits per heavy atom. The minimum absolute atomic E-state index is 0.133. The molecule has 4 aromatic rings. The third-order valence-electron chi connectivity index (χ3n) is 4.77. The number of benzene rings is 2. The van der Waals surface area contributed by atoms with Crippen LogP contribution in [0.15, 0.2) is 82.2 Å². The molecule has 32 heavy (non-hydrogen) atoms. The lowest BCUT2D eigenvalue weighted by Gasteiger charge is -2.04. The molecule has 2 aromatic carbocycles. The summed E-state index contributed by atoms with van der Waals surface area (Å²) in [7, 11) is 0. The number of para-hydroxylation sites is 1. The van der Waals surface area contributed by atoms with Gasteiger partial charge in [-0.2, -0.15) is 5.26 Å². The molecule has 1 N–H and O–H groups in total. The average molecular weight is 442 g/mol. The van der Waals surface area contributed by atoms with Crippen molar-refractivity contribution in [1.82, 2.24) is 9.88 Å². The van der Waals surface area contributed by atoms with Crippen LogP contribution in [0.5, 0.6) is 0 Å². The number of carbonyl (C=O) groups is 1. The number of nitrogens with one attached hydrogen (secondary N) is 1. The molecule has 0 fully saturated rings. The fourth-order valence-electron chi connectivity index (χ4n) is 3.14. The van der Waals surface area contributed by atoms with Crippen molar-refractivity contribution in [1.29, 1.82) is 5.26 Å². The Morgan fingerprint density at radius 2 is 1.88 bits per heavy atom. The minimum Gasteiger partial charge on any atom is -0.467 e. The summed E-state index contributed by atoms with van der Waals surface area (Å²) in [5.41, 5.74) is 2.14. The second kappa shape index (κ2) is 9.33. The van der Waals surface area contributed by atoms with Crippen LogP contribution >= 0.6 is 11.3 Å². The number of rotatable bonds is 5. The fraction of sp³-hybridized carbons (Fsp3) is 0.0800. The number of nitrogens with zero attached hydrogens (tertiary/aromatic N) is 2. The summed E-state index contributed by atoms with van der Waals surface area (Å²) in [4.78, 5) is 26.2. The van der Waals surface area contributed by atoms with Crippen molar-refractivity contribution in [3.05, 3.63) is 109 Å². The van der Waals surface area contributed by atoms with Gasteiger partial charge < -0.3 is 9.73 Å². The van der Waals surface area contributed by atoms with Crippen LogP contribution in [0.4, 0.5) is 0 Å². The lowest BCUT2D eigenvalue weighted by molar-refractivity contribution is -0.115. The van der Waals surface area contributed by atoms with Crippen molar-refractivity contribution in [2.45, 2.75) is 13.5 Å². The van der Waals surface area contributed by atoms with Gasteiger partial charge in [0.1, 0.15) is 16.5 Å². The molecule has 0 aliphatic carbocycles. The number of furan rings is 1. The van der Waals surface area contributed by atoms with Gasteiger partial charge in [-0.05, 0) is 42.8 Å². The lowest BCUT2D eigenvalue weighted by Crippen LogP contribution is -2.33. The van der Waals surface area contributed by atoms with Crippen molar-refractivity contribution >= 4 is 28.9 Å². The lowest BCUT2D eigenvalue weighted by atomic mass is 10.1. The molecule has 0 aliphatic rings. The smallest absolute Gasteiger partial charge is 0.273 e. The predicted molar refractivity (Wildman–Crippen MR) is 123 cm³/mol. The summed E-state index contributed by atoms with van der Waals surface area (Å²) in [5.74, 6) is -0.00706. The standard InChI is InChI=1S/C25H19N3O3S/c1-17-9-11-18(12-10-17)14-22-24(30)28(19-6-3-2-4-7-19)25(32-22)21(15-26)23(29)27-16-20-8-5-13-31-20/h2-14H,16H2,1H3,(H,27,29)/b22-14+,25-21-. The molecular weight excluding hydrogens is 422 g/mol. The Kier molecular flexibility index (Phi) is 6.15. The summed E-state index contributed by atoms with van der Waals surface area (Å²) in [6.07, 6.45) is 3.28. The highest BCUT2D eigenvalue weighted by Gasteiger charge is 2.17. The second-order valence-corrected chi connectivity index (χ2v) is 8.08. The van der Waals surface area contributed by atoms with Gasteiger partial charge in [-0.25, -0.2) is 0 Å². The van der Waals surface area contributed by atoms with Crippen LogP contribution in [0.1, 0.15) is 16.9 Å². The molecular formula is C25H19N3O3S. The van der Waals surface area contributed by atoms with E-state index in [4.69, 9.17) is 4.42 Å². The summed E-state index contributed by atoms with van der Waals surface area (Å²) in [5, 5.41) is 12.5. The van der Waals surface area contributed by atoms with Gasteiger partial charge in [0.05, 0.1) is 23.0 Å². The number of hydrogen-bond acceptors (Lipinski definition) is 5. The van der Waals surface area contributed by atoms with Crippen LogP contribution in [0.25, 0.3) is 17.3 Å². The molecule has 0 saturated heterocycles. The third kappa shape index (κ3) is 4.46. The topological polar surface area (TPSA) is 88.0 Å². The van der Waals surface area contributed by atoms with Gasteiger partial charge in [-0.1, -0.05) is 48.0 Å². The van der Waals surface area contributed by atoms with E-state index in [0.717, 1.165) is 22.5 Å². The Balaban J connectivity index is 1.89. The van der Waals surface area contributed by atoms with E-state index in [1.165, 1.54) is 10.8 Å². The Hall–Kier alpha value is -4.15. The number of hydrogen-bond donors (Lipinski definition) is 1. The zero-order chi connectivity index (χ0) is 22.5. The number of amides is 1. The molecule has 0 bridgehead atoms. The number of aromatic nitrogens is 1. The van der Waals surface area contributed by atoms with Gasteiger partial charge in [-0.15, -0.1) is 11.3 Å². The third-order valence-corrected chi connectivity index (χ3v) is 5.86. The normalized spacial score (nSPS) is 12.3. The molecule has 0 unspecified atom stereocenters. The van der Waals surface area contributed by atoms with Crippen LogP contribution in [0.3, 0.4) is 0 Å². The van der Waals surface area contributed by atoms with Crippen LogP contribution < -0.4 is 20.1 Å². The highest BCUT2D eigenvalue weighted by Crippen LogP contribution is 2.06. The van der Waals surface area contributed by atoms with E-state index < -0.39 is 5.91 Å². The molecule has 0 radical (unpaired) electrons. The largest absolute Gasteiger partial charge is 0.467 e. The molecule has 2 aromatic heterocycles. The van der Waals surface area contributed by atoms with Gasteiger partial charge >= 0.3 is 0 Å². The van der Waals surface area contributed by atoms with Crippen LogP contribution in [0, 0.1) is 18.3 Å². The monoisotopic (exact) mass is 441 g/mol. The SMILES string of the molecule is Cc1ccc(/C=c2/s/c(=C(/C#N)C(=O)NCc3ccco3)n(-c3ccccc3)c2=O)cc1. The van der Waals surface area contributed by atoms with Crippen molar-refractivity contribution in [3.8, 4) is 11.8 Å². The first kappa shape index (κ1) is 21.1. The molecule has 158 valence electrons. The maximum absolute atomic E-state index is 13.3. The Morgan fingerprint density at radius 1 is 1.12 bits per heavy atom. The Bertz CT molecular complexity index is 1460. The molecule has 2 heterocycles. The van der Waals surface area contributed by atoms with E-state index in [1.54, 1.807) is 42.5 Å². The first-order valence-electron chi connectivity index (χ1n) is 9.87. The van der Waals surface area contributed by atoms with Crippen LogP contribution in [-0.2, 0) is 11.3 Å². The molecule has 0 spiro atoms. The summed E-state index contributed by atoms with van der Waals surface area (Å²) >= 11 is 1.12. The maximum Gasteiger partial charge on any atom is 0.273 e. The molecule has 7 heteroatoms. The molecule has 0 saturated carbocycles. The quantitative estimate of drug-likeness (QED) is 0.516. The number of thiazole rings is 1. The van der Waals surface area contributed by atoms with E-state index >= 15 is 0 Å². The fourth-order valence-corrected chi connectivity index (χ4v) is 4.24. The van der Waals surface area contributed by atoms with Gasteiger partial charge in [-0.3, -0.25) is 14.2 Å². The number of nitriles is 1. The predicted octanol–water partition coefficient (Wildman–Crippen LogP) is 2.62. The van der Waals surface area contributed by atoms with Crippen molar-refractivity contribution in [3.63, 3.8) is 0 Å². The molecule has 4 rings (SSSR count). The van der Waals surface area contributed by atoms with Gasteiger partial charge in [0.2, 0.25) is 0 Å². The van der Waals surface area contributed by atoms with E-state index in [0.29, 0.717) is 16.0 Å². The van der Waals surface area contributed by atoms with E-state index in [-0.39, 0.29) is 22.3 Å². The summed E-state index contributed by atoms with van der Waals surface area (Å²) < 4.78 is 7.35. The first-order chi connectivity index (χ1) is 15.6. The van der Waals surface area contributed by atoms with Crippen LogP contribution in [-0.4, -0.2) is 10.5 Å². The van der Waals surface area contributed by atoms with Gasteiger partial charge in [0.15, 0.2) is 5.57 Å². The minimum atomic E-state index is -0.572. The Labute approximate surface area is 188 Å². The van der Waals surface area contributed by atoms with Gasteiger partial charge in [0.25, 0.3) is 11.5 Å². The van der Waals surface area contributed by atoms with Gasteiger partial charge in [0, 0.05) is 0 Å². The van der Waals surface area contributed by atoms with Crippen molar-refractivity contribution in [2.24, 2.45) is 0 Å². The van der Waals surface area contributed by atoms with Crippen molar-refractivity contribution < 1.29 is 9.21 Å². The summed E-state index contributed by atoms with van der Waals surface area (Å²) in [6.45, 7) is 2.13. The van der Waals surface area contributed by atoms with E-state index in [9.17, 15) is 14.9 Å². The van der Waals surface area contributed by atoms with E-state index in [2.05, 4.69) is 5.32 Å². The van der Waals surface area contributed by atoms with Crippen LogP contribution in [0.2, 0.25) is 0 Å². The number of aryl methyl sites for hydroxylation is 1. The highest BCUT2D eigenvalue weighted by atomic mass is 32.1. The summed E-state index contributed by atoms with van der Waals surface area (Å²) in [6, 6.07) is 22.2. The highest BCUT2D eigenvalue weighted by molar-refractivity contribution is 7.07. The molecule has 1 amide bonds. The molecule has 6 nitrogen and oxygen atoms in total. The maximum atomic E-state index is 13.3. The van der Waals surface area contributed by atoms with Crippen molar-refractivity contribution in [2.75, 3.05) is 0 Å². The zero-order valence-corrected chi connectivity index (χ0v) is 18.1.